The Balaban J connectivity index is 1.55. The van der Waals surface area contributed by atoms with Crippen molar-refractivity contribution in [2.45, 2.75) is 39.1 Å². The first-order chi connectivity index (χ1) is 19.4. The quantitative estimate of drug-likeness (QED) is 0.101. The Bertz CT molecular complexity index is 1460. The Morgan fingerprint density at radius 1 is 1.27 bits per heavy atom. The van der Waals surface area contributed by atoms with Crippen molar-refractivity contribution < 1.29 is 33.9 Å². The van der Waals surface area contributed by atoms with Gasteiger partial charge in [0, 0.05) is 23.0 Å². The number of thiazole rings is 1. The highest BCUT2D eigenvalue weighted by Gasteiger charge is 2.54. The molecule has 0 radical (unpaired) electrons. The van der Waals surface area contributed by atoms with Gasteiger partial charge in [0.05, 0.1) is 5.41 Å². The number of rotatable bonds is 8. The summed E-state index contributed by atoms with van der Waals surface area (Å²) in [6, 6.07) is 2.68. The molecule has 15 heteroatoms. The number of fused-ring (bicyclic) bond motifs is 1. The maximum absolute atomic E-state index is 13.3. The van der Waals surface area contributed by atoms with E-state index in [2.05, 4.69) is 20.4 Å². The number of nitrogen functional groups attached to an aromatic ring is 1. The lowest BCUT2D eigenvalue weighted by atomic mass is 9.98. The number of amides is 2. The van der Waals surface area contributed by atoms with E-state index in [-0.39, 0.29) is 16.5 Å². The summed E-state index contributed by atoms with van der Waals surface area (Å²) in [6.07, 6.45) is 5.12. The SMILES string of the molecule is Cc1ccc(/C=C\C2=C(C(=O)OCOC(=O)C(C)(C)C)N3C(=O)[C@@H](NC(=O)C(=NO)c4csc(N)n4)[C@H]3SC2)cn1. The number of carbonyl (C=O) groups is 4. The molecule has 2 aromatic rings. The second-order valence-electron chi connectivity index (χ2n) is 10.1. The molecule has 0 aliphatic carbocycles. The molecule has 0 spiro atoms. The Morgan fingerprint density at radius 3 is 2.63 bits per heavy atom. The third kappa shape index (κ3) is 6.57. The highest BCUT2D eigenvalue weighted by Crippen LogP contribution is 2.41. The standard InChI is InChI=1S/C26H28N6O7S2/c1-13-5-6-14(9-28-13)7-8-15-10-40-22-18(30-20(33)17(31-37)16-11-41-25(27)29-16)21(34)32(22)19(15)23(35)38-12-39-24(36)26(2,3)4/h5-9,11,18,22,37H,10,12H2,1-4H3,(H2,27,29)(H,30,33)/b8-7-,31-17?/t18-,22-/m1/s1. The molecule has 13 nitrogen and oxygen atoms in total. The average molecular weight is 601 g/mol. The monoisotopic (exact) mass is 600 g/mol. The van der Waals surface area contributed by atoms with Crippen molar-refractivity contribution in [2.75, 3.05) is 18.3 Å². The van der Waals surface area contributed by atoms with Crippen LogP contribution in [0.1, 0.15) is 37.7 Å². The minimum atomic E-state index is -1.02. The van der Waals surface area contributed by atoms with Gasteiger partial charge in [-0.25, -0.2) is 9.78 Å². The topological polar surface area (TPSA) is 186 Å². The van der Waals surface area contributed by atoms with Crippen molar-refractivity contribution in [3.8, 4) is 0 Å². The number of nitrogens with one attached hydrogen (secondary N) is 1. The minimum absolute atomic E-state index is 0.0318. The number of esters is 2. The number of allylic oxidation sites excluding steroid dienone is 1. The van der Waals surface area contributed by atoms with Crippen molar-refractivity contribution in [3.63, 3.8) is 0 Å². The minimum Gasteiger partial charge on any atom is -0.427 e. The Kier molecular flexibility index (Phi) is 8.77. The molecule has 2 aromatic heterocycles. The predicted octanol–water partition coefficient (Wildman–Crippen LogP) is 2.06. The fourth-order valence-corrected chi connectivity index (χ4v) is 5.64. The van der Waals surface area contributed by atoms with Gasteiger partial charge in [-0.1, -0.05) is 23.4 Å². The smallest absolute Gasteiger partial charge is 0.358 e. The summed E-state index contributed by atoms with van der Waals surface area (Å²) < 4.78 is 10.3. The van der Waals surface area contributed by atoms with Crippen LogP contribution in [0.5, 0.6) is 0 Å². The molecule has 1 saturated heterocycles. The maximum Gasteiger partial charge on any atom is 0.358 e. The van der Waals surface area contributed by atoms with Gasteiger partial charge in [0.2, 0.25) is 6.79 Å². The lowest BCUT2D eigenvalue weighted by Gasteiger charge is -2.49. The summed E-state index contributed by atoms with van der Waals surface area (Å²) in [7, 11) is 0. The zero-order valence-corrected chi connectivity index (χ0v) is 24.2. The third-order valence-corrected chi connectivity index (χ3v) is 7.94. The number of thioether (sulfide) groups is 1. The first-order valence-corrected chi connectivity index (χ1v) is 14.2. The Labute approximate surface area is 243 Å². The van der Waals surface area contributed by atoms with Gasteiger partial charge < -0.3 is 25.7 Å². The maximum atomic E-state index is 13.3. The van der Waals surface area contributed by atoms with E-state index in [9.17, 15) is 24.4 Å². The second kappa shape index (κ2) is 12.1. The van der Waals surface area contributed by atoms with Crippen LogP contribution in [0.4, 0.5) is 5.13 Å². The number of anilines is 1. The van der Waals surface area contributed by atoms with Crippen molar-refractivity contribution >= 4 is 63.8 Å². The molecule has 216 valence electrons. The number of aryl methyl sites for hydroxylation is 1. The molecule has 2 aliphatic heterocycles. The molecule has 4 heterocycles. The summed E-state index contributed by atoms with van der Waals surface area (Å²) in [4.78, 5) is 60.8. The lowest BCUT2D eigenvalue weighted by molar-refractivity contribution is -0.173. The predicted molar refractivity (Wildman–Crippen MR) is 151 cm³/mol. The van der Waals surface area contributed by atoms with Crippen molar-refractivity contribution in [3.05, 3.63) is 58.0 Å². The van der Waals surface area contributed by atoms with Gasteiger partial charge in [-0.3, -0.25) is 24.3 Å². The number of hydrogen-bond acceptors (Lipinski definition) is 13. The first kappa shape index (κ1) is 29.7. The van der Waals surface area contributed by atoms with Gasteiger partial charge in [-0.2, -0.15) is 0 Å². The Morgan fingerprint density at radius 2 is 2.02 bits per heavy atom. The lowest BCUT2D eigenvalue weighted by Crippen LogP contribution is -2.71. The summed E-state index contributed by atoms with van der Waals surface area (Å²) in [6.45, 7) is 6.21. The van der Waals surface area contributed by atoms with Crippen LogP contribution in [0.15, 0.2) is 46.2 Å². The number of pyridine rings is 1. The van der Waals surface area contributed by atoms with E-state index in [4.69, 9.17) is 15.2 Å². The van der Waals surface area contributed by atoms with E-state index in [1.54, 1.807) is 39.1 Å². The number of nitrogens with zero attached hydrogens (tertiary/aromatic N) is 4. The molecule has 2 amide bonds. The normalized spacial score (nSPS) is 19.1. The van der Waals surface area contributed by atoms with Crippen LogP contribution in [-0.4, -0.2) is 73.5 Å². The van der Waals surface area contributed by atoms with Crippen LogP contribution < -0.4 is 11.1 Å². The van der Waals surface area contributed by atoms with Gasteiger partial charge in [0.25, 0.3) is 11.8 Å². The Hall–Kier alpha value is -4.24. The summed E-state index contributed by atoms with van der Waals surface area (Å²) in [5.74, 6) is -2.54. The van der Waals surface area contributed by atoms with E-state index < -0.39 is 53.1 Å². The summed E-state index contributed by atoms with van der Waals surface area (Å²) in [5, 5.41) is 15.9. The number of β-lactam (4-membered cyclic amide) rings is 1. The molecule has 2 atom stereocenters. The van der Waals surface area contributed by atoms with Crippen LogP contribution in [0.25, 0.3) is 6.08 Å². The number of hydrogen-bond donors (Lipinski definition) is 3. The molecule has 41 heavy (non-hydrogen) atoms. The number of nitrogens with two attached hydrogens (primary N) is 1. The van der Waals surface area contributed by atoms with Crippen LogP contribution in [0, 0.1) is 12.3 Å². The summed E-state index contributed by atoms with van der Waals surface area (Å²) >= 11 is 2.38. The van der Waals surface area contributed by atoms with E-state index in [1.807, 2.05) is 19.1 Å². The fourth-order valence-electron chi connectivity index (χ4n) is 3.78. The van der Waals surface area contributed by atoms with Gasteiger partial charge >= 0.3 is 11.9 Å². The van der Waals surface area contributed by atoms with Crippen LogP contribution in [0.3, 0.4) is 0 Å². The van der Waals surface area contributed by atoms with E-state index >= 15 is 0 Å². The molecule has 0 saturated carbocycles. The molecule has 0 aromatic carbocycles. The molecule has 0 unspecified atom stereocenters. The molecule has 0 bridgehead atoms. The molecule has 4 N–H and O–H groups in total. The second-order valence-corrected chi connectivity index (χ2v) is 12.0. The van der Waals surface area contributed by atoms with Crippen LogP contribution in [0.2, 0.25) is 0 Å². The number of aromatic nitrogens is 2. The fraction of sp³-hybridized carbons (Fsp3) is 0.346. The molecule has 2 aliphatic rings. The molecule has 4 rings (SSSR count). The van der Waals surface area contributed by atoms with Gasteiger partial charge in [0.15, 0.2) is 10.8 Å². The number of ether oxygens (including phenoxy) is 2. The molecule has 1 fully saturated rings. The third-order valence-electron chi connectivity index (χ3n) is 5.96. The van der Waals surface area contributed by atoms with Gasteiger partial charge in [-0.05, 0) is 44.9 Å². The zero-order valence-electron chi connectivity index (χ0n) is 22.6. The van der Waals surface area contributed by atoms with E-state index in [0.717, 1.165) is 22.6 Å². The van der Waals surface area contributed by atoms with Crippen molar-refractivity contribution in [1.29, 1.82) is 0 Å². The first-order valence-electron chi connectivity index (χ1n) is 12.3. The van der Waals surface area contributed by atoms with E-state index in [1.165, 1.54) is 22.0 Å². The van der Waals surface area contributed by atoms with E-state index in [0.29, 0.717) is 11.3 Å². The molecular formula is C26H28N6O7S2. The van der Waals surface area contributed by atoms with Gasteiger partial charge in [-0.15, -0.1) is 23.1 Å². The number of oxime groups is 1. The number of carbonyl (C=O) groups excluding carboxylic acids is 4. The average Bonchev–Trinajstić information content (AvgIpc) is 3.36. The van der Waals surface area contributed by atoms with Crippen molar-refractivity contribution in [1.82, 2.24) is 20.2 Å². The van der Waals surface area contributed by atoms with Crippen molar-refractivity contribution in [2.24, 2.45) is 10.6 Å². The van der Waals surface area contributed by atoms with Crippen LogP contribution >= 0.6 is 23.1 Å². The highest BCUT2D eigenvalue weighted by atomic mass is 32.2. The highest BCUT2D eigenvalue weighted by molar-refractivity contribution is 8.00. The molecular weight excluding hydrogens is 572 g/mol. The van der Waals surface area contributed by atoms with Gasteiger partial charge in [0.1, 0.15) is 22.8 Å². The largest absolute Gasteiger partial charge is 0.427 e. The zero-order chi connectivity index (χ0) is 29.9. The van der Waals surface area contributed by atoms with Crippen LogP contribution in [-0.2, 0) is 28.7 Å². The summed E-state index contributed by atoms with van der Waals surface area (Å²) in [5.41, 5.74) is 6.54.